The van der Waals surface area contributed by atoms with Crippen LogP contribution in [0.3, 0.4) is 0 Å². The highest BCUT2D eigenvalue weighted by molar-refractivity contribution is 5.92. The minimum atomic E-state index is -0.249. The molecule has 0 saturated carbocycles. The molecule has 156 valence electrons. The number of ether oxygens (including phenoxy) is 2. The molecule has 29 heavy (non-hydrogen) atoms. The van der Waals surface area contributed by atoms with Crippen molar-refractivity contribution in [3.8, 4) is 5.75 Å². The van der Waals surface area contributed by atoms with Crippen LogP contribution in [0.5, 0.6) is 5.75 Å². The van der Waals surface area contributed by atoms with Gasteiger partial charge in [0.15, 0.2) is 0 Å². The van der Waals surface area contributed by atoms with E-state index in [0.717, 1.165) is 57.5 Å². The van der Waals surface area contributed by atoms with Crippen molar-refractivity contribution in [2.75, 3.05) is 26.3 Å². The van der Waals surface area contributed by atoms with Gasteiger partial charge in [0, 0.05) is 32.9 Å². The van der Waals surface area contributed by atoms with E-state index in [1.165, 1.54) is 12.1 Å². The van der Waals surface area contributed by atoms with Crippen LogP contribution in [0.2, 0.25) is 0 Å². The summed E-state index contributed by atoms with van der Waals surface area (Å²) in [6, 6.07) is 9.95. The molecule has 1 amide bonds. The van der Waals surface area contributed by atoms with Gasteiger partial charge in [-0.15, -0.1) is 0 Å². The average molecular weight is 400 g/mol. The highest BCUT2D eigenvalue weighted by Gasteiger charge is 2.41. The molecular weight excluding hydrogens is 371 g/mol. The Hall–Kier alpha value is -2.34. The molecule has 4 rings (SSSR count). The summed E-state index contributed by atoms with van der Waals surface area (Å²) >= 11 is 0. The number of carbonyl (C=O) groups excluding carboxylic acids is 1. The predicted molar refractivity (Wildman–Crippen MR) is 108 cm³/mol. The fourth-order valence-electron chi connectivity index (χ4n) is 4.56. The fraction of sp³-hybridized carbons (Fsp3) is 0.522. The molecule has 2 aliphatic heterocycles. The summed E-state index contributed by atoms with van der Waals surface area (Å²) in [4.78, 5) is 14.7. The monoisotopic (exact) mass is 400 g/mol. The lowest BCUT2D eigenvalue weighted by Gasteiger charge is -2.46. The SMILES string of the molecule is Cn1cccc1C(=O)N1CCC2(CC1)CC(CCOc1ccc(F)cc1)CCO2. The van der Waals surface area contributed by atoms with Crippen molar-refractivity contribution in [1.82, 2.24) is 9.47 Å². The van der Waals surface area contributed by atoms with Crippen LogP contribution in [0.1, 0.15) is 42.6 Å². The van der Waals surface area contributed by atoms with Crippen molar-refractivity contribution in [2.45, 2.75) is 37.7 Å². The largest absolute Gasteiger partial charge is 0.494 e. The Kier molecular flexibility index (Phi) is 5.90. The molecule has 5 nitrogen and oxygen atoms in total. The molecule has 1 unspecified atom stereocenters. The van der Waals surface area contributed by atoms with Crippen molar-refractivity contribution in [2.24, 2.45) is 13.0 Å². The summed E-state index contributed by atoms with van der Waals surface area (Å²) in [6.07, 6.45) is 6.71. The van der Waals surface area contributed by atoms with Crippen LogP contribution in [-0.2, 0) is 11.8 Å². The quantitative estimate of drug-likeness (QED) is 0.761. The van der Waals surface area contributed by atoms with Crippen LogP contribution in [-0.4, -0.2) is 47.3 Å². The highest BCUT2D eigenvalue weighted by atomic mass is 19.1. The molecule has 0 N–H and O–H groups in total. The number of rotatable bonds is 5. The maximum Gasteiger partial charge on any atom is 0.270 e. The lowest BCUT2D eigenvalue weighted by Crippen LogP contribution is -2.51. The topological polar surface area (TPSA) is 43.7 Å². The van der Waals surface area contributed by atoms with Gasteiger partial charge >= 0.3 is 0 Å². The molecule has 1 spiro atoms. The first-order chi connectivity index (χ1) is 14.0. The first-order valence-electron chi connectivity index (χ1n) is 10.5. The second-order valence-corrected chi connectivity index (χ2v) is 8.28. The van der Waals surface area contributed by atoms with Crippen LogP contribution in [0, 0.1) is 11.7 Å². The maximum absolute atomic E-state index is 13.0. The summed E-state index contributed by atoms with van der Waals surface area (Å²) in [7, 11) is 1.90. The number of aryl methyl sites for hydroxylation is 1. The number of benzene rings is 1. The van der Waals surface area contributed by atoms with Gasteiger partial charge in [-0.1, -0.05) is 0 Å². The highest BCUT2D eigenvalue weighted by Crippen LogP contribution is 2.39. The molecule has 0 radical (unpaired) electrons. The van der Waals surface area contributed by atoms with E-state index in [1.807, 2.05) is 34.8 Å². The van der Waals surface area contributed by atoms with Gasteiger partial charge in [-0.25, -0.2) is 4.39 Å². The molecule has 2 saturated heterocycles. The first kappa shape index (κ1) is 20.0. The Bertz CT molecular complexity index is 825. The van der Waals surface area contributed by atoms with Crippen molar-refractivity contribution < 1.29 is 18.7 Å². The molecule has 1 atom stereocenters. The zero-order valence-corrected chi connectivity index (χ0v) is 17.0. The Morgan fingerprint density at radius 3 is 2.69 bits per heavy atom. The van der Waals surface area contributed by atoms with E-state index in [0.29, 0.717) is 18.3 Å². The van der Waals surface area contributed by atoms with Crippen LogP contribution >= 0.6 is 0 Å². The first-order valence-corrected chi connectivity index (χ1v) is 10.5. The molecule has 3 heterocycles. The van der Waals surface area contributed by atoms with E-state index >= 15 is 0 Å². The molecule has 6 heteroatoms. The van der Waals surface area contributed by atoms with Gasteiger partial charge in [-0.3, -0.25) is 4.79 Å². The molecule has 0 aliphatic carbocycles. The summed E-state index contributed by atoms with van der Waals surface area (Å²) in [6.45, 7) is 2.88. The van der Waals surface area contributed by atoms with E-state index in [9.17, 15) is 9.18 Å². The number of aromatic nitrogens is 1. The van der Waals surface area contributed by atoms with Crippen LogP contribution in [0.15, 0.2) is 42.6 Å². The number of amides is 1. The number of halogens is 1. The van der Waals surface area contributed by atoms with Crippen molar-refractivity contribution in [1.29, 1.82) is 0 Å². The number of hydrogen-bond acceptors (Lipinski definition) is 3. The van der Waals surface area contributed by atoms with Crippen molar-refractivity contribution in [3.63, 3.8) is 0 Å². The smallest absolute Gasteiger partial charge is 0.270 e. The fourth-order valence-corrected chi connectivity index (χ4v) is 4.56. The van der Waals surface area contributed by atoms with Crippen LogP contribution in [0.25, 0.3) is 0 Å². The van der Waals surface area contributed by atoms with E-state index in [-0.39, 0.29) is 17.3 Å². The molecule has 2 aliphatic rings. The Balaban J connectivity index is 1.26. The third-order valence-corrected chi connectivity index (χ3v) is 6.33. The Morgan fingerprint density at radius 2 is 2.00 bits per heavy atom. The number of carbonyl (C=O) groups is 1. The van der Waals surface area contributed by atoms with Gasteiger partial charge in [-0.05, 0) is 74.4 Å². The van der Waals surface area contributed by atoms with Gasteiger partial charge in [-0.2, -0.15) is 0 Å². The third-order valence-electron chi connectivity index (χ3n) is 6.33. The lowest BCUT2D eigenvalue weighted by atomic mass is 9.78. The van der Waals surface area contributed by atoms with Crippen LogP contribution in [0.4, 0.5) is 4.39 Å². The van der Waals surface area contributed by atoms with E-state index in [1.54, 1.807) is 12.1 Å². The second kappa shape index (κ2) is 8.57. The summed E-state index contributed by atoms with van der Waals surface area (Å²) < 4.78 is 26.9. The van der Waals surface area contributed by atoms with Gasteiger partial charge in [0.05, 0.1) is 12.2 Å². The van der Waals surface area contributed by atoms with E-state index in [2.05, 4.69) is 0 Å². The van der Waals surface area contributed by atoms with Crippen LogP contribution < -0.4 is 4.74 Å². The molecule has 2 aromatic rings. The molecule has 1 aromatic carbocycles. The van der Waals surface area contributed by atoms with E-state index < -0.39 is 0 Å². The number of piperidine rings is 1. The van der Waals surface area contributed by atoms with Gasteiger partial charge in [0.1, 0.15) is 17.3 Å². The number of hydrogen-bond donors (Lipinski definition) is 0. The zero-order chi connectivity index (χ0) is 20.3. The Morgan fingerprint density at radius 1 is 1.24 bits per heavy atom. The molecular formula is C23H29FN2O3. The van der Waals surface area contributed by atoms with Crippen molar-refractivity contribution in [3.05, 3.63) is 54.1 Å². The summed E-state index contributed by atoms with van der Waals surface area (Å²) in [5.74, 6) is 1.12. The molecule has 0 bridgehead atoms. The minimum absolute atomic E-state index is 0.104. The third kappa shape index (κ3) is 4.64. The average Bonchev–Trinajstić information content (AvgIpc) is 3.16. The lowest BCUT2D eigenvalue weighted by molar-refractivity contribution is -0.125. The van der Waals surface area contributed by atoms with E-state index in [4.69, 9.17) is 9.47 Å². The van der Waals surface area contributed by atoms with Crippen molar-refractivity contribution >= 4 is 5.91 Å². The predicted octanol–water partition coefficient (Wildman–Crippen LogP) is 4.03. The zero-order valence-electron chi connectivity index (χ0n) is 17.0. The number of likely N-dealkylation sites (tertiary alicyclic amines) is 1. The normalized spacial score (nSPS) is 21.3. The number of nitrogens with zero attached hydrogens (tertiary/aromatic N) is 2. The second-order valence-electron chi connectivity index (χ2n) is 8.28. The van der Waals surface area contributed by atoms with Gasteiger partial charge in [0.2, 0.25) is 0 Å². The van der Waals surface area contributed by atoms with Gasteiger partial charge in [0.25, 0.3) is 5.91 Å². The molecule has 1 aromatic heterocycles. The summed E-state index contributed by atoms with van der Waals surface area (Å²) in [5, 5.41) is 0. The standard InChI is InChI=1S/C23H29FN2O3/c1-25-12-2-3-21(25)22(27)26-13-10-23(11-14-26)17-18(9-16-29-23)8-15-28-20-6-4-19(24)5-7-20/h2-7,12,18H,8-11,13-17H2,1H3. The molecule has 2 fully saturated rings. The van der Waals surface area contributed by atoms with Gasteiger partial charge < -0.3 is 18.9 Å². The summed E-state index contributed by atoms with van der Waals surface area (Å²) in [5.41, 5.74) is 0.630. The Labute approximate surface area is 171 Å². The maximum atomic E-state index is 13.0. The minimum Gasteiger partial charge on any atom is -0.494 e.